The molecule has 23 heavy (non-hydrogen) atoms. The van der Waals surface area contributed by atoms with Crippen molar-refractivity contribution in [1.82, 2.24) is 14.5 Å². The van der Waals surface area contributed by atoms with E-state index in [1.807, 2.05) is 23.7 Å². The van der Waals surface area contributed by atoms with Crippen molar-refractivity contribution >= 4 is 27.7 Å². The Morgan fingerprint density at radius 1 is 1.43 bits per heavy atom. The number of hydrogen-bond acceptors (Lipinski definition) is 5. The lowest BCUT2D eigenvalue weighted by molar-refractivity contribution is 0.181. The highest BCUT2D eigenvalue weighted by atomic mass is 32.2. The fourth-order valence-electron chi connectivity index (χ4n) is 2.83. The minimum Gasteiger partial charge on any atom is -0.381 e. The van der Waals surface area contributed by atoms with E-state index in [1.54, 1.807) is 11.4 Å². The number of thioether (sulfide) groups is 1. The highest BCUT2D eigenvalue weighted by molar-refractivity contribution is 7.99. The summed E-state index contributed by atoms with van der Waals surface area (Å²) in [4.78, 5) is 6.29. The van der Waals surface area contributed by atoms with Gasteiger partial charge in [-0.05, 0) is 6.42 Å². The summed E-state index contributed by atoms with van der Waals surface area (Å²) in [6, 6.07) is 0. The molecule has 0 radical (unpaired) electrons. The van der Waals surface area contributed by atoms with Crippen molar-refractivity contribution in [3.8, 4) is 0 Å². The number of ether oxygens (including phenoxy) is 1. The second kappa shape index (κ2) is 9.10. The molecule has 0 amide bonds. The molecule has 0 aromatic carbocycles. The fourth-order valence-corrected chi connectivity index (χ4v) is 5.32. The Hall–Kier alpha value is -0.510. The third-order valence-corrected chi connectivity index (χ3v) is 6.95. The second-order valence-corrected chi connectivity index (χ2v) is 9.22. The number of nitrogens with zero attached hydrogens (tertiary/aromatic N) is 3. The molecule has 2 saturated heterocycles. The highest BCUT2D eigenvalue weighted by Gasteiger charge is 2.24. The predicted octanol–water partition coefficient (Wildman–Crippen LogP) is -0.0913. The van der Waals surface area contributed by atoms with Gasteiger partial charge in [0.2, 0.25) is 10.0 Å². The van der Waals surface area contributed by atoms with Crippen LogP contribution in [0.4, 0.5) is 0 Å². The minimum absolute atomic E-state index is 0.108. The molecule has 2 aliphatic rings. The number of hydrogen-bond donors (Lipinski definition) is 1. The van der Waals surface area contributed by atoms with E-state index in [9.17, 15) is 8.42 Å². The molecule has 2 heterocycles. The average molecular weight is 365 g/mol. The lowest BCUT2D eigenvalue weighted by atomic mass is 10.1. The average Bonchev–Trinajstić information content (AvgIpc) is 3.05. The topological polar surface area (TPSA) is 74.2 Å². The van der Waals surface area contributed by atoms with E-state index < -0.39 is 10.0 Å². The number of nitrogens with one attached hydrogen (secondary N) is 1. The van der Waals surface area contributed by atoms with E-state index in [0.717, 1.165) is 43.6 Å². The lowest BCUT2D eigenvalue weighted by Crippen LogP contribution is -2.45. The highest BCUT2D eigenvalue weighted by Crippen LogP contribution is 2.14. The number of rotatable bonds is 6. The molecular formula is C14H28N4O3S2. The quantitative estimate of drug-likeness (QED) is 0.524. The van der Waals surface area contributed by atoms with Gasteiger partial charge in [0.05, 0.1) is 12.4 Å². The van der Waals surface area contributed by atoms with Crippen LogP contribution in [-0.4, -0.2) is 94.3 Å². The molecule has 1 unspecified atom stereocenters. The zero-order valence-corrected chi connectivity index (χ0v) is 15.7. The predicted molar refractivity (Wildman–Crippen MR) is 95.6 cm³/mol. The standard InChI is InChI=1S/C14H28N4O3S2/c1-15-14(17(2)11-13-3-7-21-12-13)16-4-10-23(19,20)18-5-8-22-9-6-18/h13H,3-12H2,1-2H3,(H,15,16). The summed E-state index contributed by atoms with van der Waals surface area (Å²) in [7, 11) is 0.527. The molecular weight excluding hydrogens is 336 g/mol. The van der Waals surface area contributed by atoms with E-state index in [2.05, 4.69) is 10.3 Å². The second-order valence-electron chi connectivity index (χ2n) is 5.91. The normalized spacial score (nSPS) is 23.9. The summed E-state index contributed by atoms with van der Waals surface area (Å²) < 4.78 is 31.6. The molecule has 7 nitrogen and oxygen atoms in total. The van der Waals surface area contributed by atoms with E-state index >= 15 is 0 Å². The van der Waals surface area contributed by atoms with Gasteiger partial charge in [-0.15, -0.1) is 0 Å². The first-order valence-electron chi connectivity index (χ1n) is 8.08. The van der Waals surface area contributed by atoms with Crippen molar-refractivity contribution in [1.29, 1.82) is 0 Å². The molecule has 2 fully saturated rings. The maximum Gasteiger partial charge on any atom is 0.215 e. The molecule has 134 valence electrons. The molecule has 0 aliphatic carbocycles. The van der Waals surface area contributed by atoms with Gasteiger partial charge in [-0.25, -0.2) is 12.7 Å². The summed E-state index contributed by atoms with van der Waals surface area (Å²) in [6.45, 7) is 4.13. The Balaban J connectivity index is 1.76. The van der Waals surface area contributed by atoms with E-state index in [4.69, 9.17) is 4.74 Å². The van der Waals surface area contributed by atoms with E-state index in [1.165, 1.54) is 0 Å². The molecule has 2 aliphatic heterocycles. The largest absolute Gasteiger partial charge is 0.381 e. The summed E-state index contributed by atoms with van der Waals surface area (Å²) >= 11 is 1.81. The zero-order valence-electron chi connectivity index (χ0n) is 14.0. The van der Waals surface area contributed by atoms with Crippen LogP contribution in [0.5, 0.6) is 0 Å². The number of guanidine groups is 1. The van der Waals surface area contributed by atoms with Crippen molar-refractivity contribution in [3.63, 3.8) is 0 Å². The third kappa shape index (κ3) is 5.81. The van der Waals surface area contributed by atoms with Gasteiger partial charge in [0.25, 0.3) is 0 Å². The third-order valence-electron chi connectivity index (χ3n) is 4.14. The van der Waals surface area contributed by atoms with Gasteiger partial charge >= 0.3 is 0 Å². The molecule has 0 spiro atoms. The van der Waals surface area contributed by atoms with Crippen molar-refractivity contribution in [2.45, 2.75) is 6.42 Å². The van der Waals surface area contributed by atoms with Crippen LogP contribution in [0.25, 0.3) is 0 Å². The Morgan fingerprint density at radius 3 is 2.78 bits per heavy atom. The maximum atomic E-state index is 12.3. The fraction of sp³-hybridized carbons (Fsp3) is 0.929. The number of sulfonamides is 1. The SMILES string of the molecule is CN=C(NCCS(=O)(=O)N1CCSCC1)N(C)CC1CCOC1. The monoisotopic (exact) mass is 364 g/mol. The van der Waals surface area contributed by atoms with E-state index in [0.29, 0.717) is 25.6 Å². The van der Waals surface area contributed by atoms with Crippen LogP contribution in [0, 0.1) is 5.92 Å². The molecule has 1 N–H and O–H groups in total. The van der Waals surface area contributed by atoms with Crippen molar-refractivity contribution < 1.29 is 13.2 Å². The van der Waals surface area contributed by atoms with Crippen LogP contribution < -0.4 is 5.32 Å². The Kier molecular flexibility index (Phi) is 7.45. The van der Waals surface area contributed by atoms with Crippen LogP contribution in [0.3, 0.4) is 0 Å². The molecule has 0 bridgehead atoms. The molecule has 1 atom stereocenters. The van der Waals surface area contributed by atoms with Gasteiger partial charge in [0.1, 0.15) is 0 Å². The van der Waals surface area contributed by atoms with Crippen molar-refractivity contribution in [3.05, 3.63) is 0 Å². The smallest absolute Gasteiger partial charge is 0.215 e. The van der Waals surface area contributed by atoms with Gasteiger partial charge in [-0.3, -0.25) is 4.99 Å². The molecule has 0 aromatic rings. The van der Waals surface area contributed by atoms with Gasteiger partial charge in [0.15, 0.2) is 5.96 Å². The van der Waals surface area contributed by atoms with Crippen LogP contribution in [0.15, 0.2) is 4.99 Å². The van der Waals surface area contributed by atoms with E-state index in [-0.39, 0.29) is 5.75 Å². The van der Waals surface area contributed by atoms with Crippen LogP contribution in [-0.2, 0) is 14.8 Å². The minimum atomic E-state index is -3.17. The van der Waals surface area contributed by atoms with Gasteiger partial charge in [-0.1, -0.05) is 0 Å². The molecule has 9 heteroatoms. The summed E-state index contributed by atoms with van der Waals surface area (Å²) in [5, 5.41) is 3.16. The summed E-state index contributed by atoms with van der Waals surface area (Å²) in [5.74, 6) is 3.15. The first kappa shape index (κ1) is 18.8. The van der Waals surface area contributed by atoms with Gasteiger partial charge in [0, 0.05) is 64.3 Å². The maximum absolute atomic E-state index is 12.3. The number of aliphatic imine (C=N–C) groups is 1. The molecule has 2 rings (SSSR count). The Labute approximate surface area is 143 Å². The Morgan fingerprint density at radius 2 is 2.17 bits per heavy atom. The molecule has 0 saturated carbocycles. The van der Waals surface area contributed by atoms with Gasteiger partial charge in [-0.2, -0.15) is 11.8 Å². The zero-order chi connectivity index (χ0) is 16.7. The summed E-state index contributed by atoms with van der Waals surface area (Å²) in [5.41, 5.74) is 0. The van der Waals surface area contributed by atoms with Crippen LogP contribution in [0.1, 0.15) is 6.42 Å². The van der Waals surface area contributed by atoms with Crippen LogP contribution in [0.2, 0.25) is 0 Å². The van der Waals surface area contributed by atoms with Crippen LogP contribution >= 0.6 is 11.8 Å². The lowest BCUT2D eigenvalue weighted by Gasteiger charge is -2.27. The Bertz CT molecular complexity index is 486. The summed E-state index contributed by atoms with van der Waals surface area (Å²) in [6.07, 6.45) is 1.07. The molecule has 0 aromatic heterocycles. The van der Waals surface area contributed by atoms with Gasteiger partial charge < -0.3 is 15.0 Å². The van der Waals surface area contributed by atoms with Crippen molar-refractivity contribution in [2.75, 3.05) is 70.7 Å². The first-order valence-corrected chi connectivity index (χ1v) is 10.8. The van der Waals surface area contributed by atoms with Crippen molar-refractivity contribution in [2.24, 2.45) is 10.9 Å². The first-order chi connectivity index (χ1) is 11.0.